The van der Waals surface area contributed by atoms with Gasteiger partial charge in [-0.25, -0.2) is 4.98 Å². The highest BCUT2D eigenvalue weighted by Crippen LogP contribution is 2.21. The lowest BCUT2D eigenvalue weighted by Crippen LogP contribution is -1.91. The van der Waals surface area contributed by atoms with E-state index in [-0.39, 0.29) is 0 Å². The van der Waals surface area contributed by atoms with Crippen molar-refractivity contribution in [3.63, 3.8) is 0 Å². The van der Waals surface area contributed by atoms with Gasteiger partial charge in [0.1, 0.15) is 9.73 Å². The summed E-state index contributed by atoms with van der Waals surface area (Å²) in [7, 11) is -4.63. The Hall–Kier alpha value is -1.01. The molecule has 0 aliphatic heterocycles. The van der Waals surface area contributed by atoms with E-state index < -0.39 is 15.1 Å². The second kappa shape index (κ2) is 2.74. The topological polar surface area (TPSA) is 47.0 Å². The van der Waals surface area contributed by atoms with Crippen LogP contribution in [-0.4, -0.2) is 13.4 Å². The molecule has 6 heteroatoms. The Labute approximate surface area is 78.1 Å². The molecule has 0 aliphatic rings. The van der Waals surface area contributed by atoms with Gasteiger partial charge in [0.05, 0.1) is 0 Å². The molecule has 0 saturated heterocycles. The van der Waals surface area contributed by atoms with E-state index in [1.165, 1.54) is 17.4 Å². The lowest BCUT2D eigenvalue weighted by Gasteiger charge is -1.93. The Kier molecular flexibility index (Phi) is 1.81. The van der Waals surface area contributed by atoms with Gasteiger partial charge in [0, 0.05) is 11.6 Å². The van der Waals surface area contributed by atoms with Crippen molar-refractivity contribution in [3.8, 4) is 0 Å². The minimum Gasteiger partial charge on any atom is -0.244 e. The number of hydrogen-bond donors (Lipinski definition) is 0. The van der Waals surface area contributed by atoms with Crippen LogP contribution in [0.2, 0.25) is 0 Å². The summed E-state index contributed by atoms with van der Waals surface area (Å²) in [4.78, 5) is 4.12. The number of thiophene rings is 1. The quantitative estimate of drug-likeness (QED) is 0.686. The van der Waals surface area contributed by atoms with Gasteiger partial charge in [-0.3, -0.25) is 0 Å². The van der Waals surface area contributed by atoms with E-state index in [1.54, 1.807) is 11.4 Å². The molecule has 0 spiro atoms. The first-order chi connectivity index (χ1) is 6.07. The van der Waals surface area contributed by atoms with Crippen LogP contribution in [0.15, 0.2) is 28.6 Å². The molecule has 2 rings (SSSR count). The lowest BCUT2D eigenvalue weighted by atomic mass is 10.3. The molecule has 0 aromatic carbocycles. The van der Waals surface area contributed by atoms with Crippen molar-refractivity contribution in [2.45, 2.75) is 4.90 Å². The van der Waals surface area contributed by atoms with E-state index in [0.29, 0.717) is 10.2 Å². The molecule has 0 bridgehead atoms. The normalized spacial score (nSPS) is 12.1. The predicted octanol–water partition coefficient (Wildman–Crippen LogP) is 1.95. The number of aromatic nitrogens is 1. The van der Waals surface area contributed by atoms with Crippen LogP contribution in [0, 0.1) is 0 Å². The standard InChI is InChI=1S/C7H4FNO2S2/c8-13(10,11)6-3-5-1-2-12-7(5)9-4-6/h1-4H. The first-order valence-electron chi connectivity index (χ1n) is 3.35. The first-order valence-corrected chi connectivity index (χ1v) is 5.61. The molecular formula is C7H4FNO2S2. The zero-order valence-corrected chi connectivity index (χ0v) is 7.90. The molecule has 2 heterocycles. The van der Waals surface area contributed by atoms with Gasteiger partial charge in [-0.2, -0.15) is 8.42 Å². The molecule has 0 N–H and O–H groups in total. The van der Waals surface area contributed by atoms with E-state index in [9.17, 15) is 12.3 Å². The number of fused-ring (bicyclic) bond motifs is 1. The molecule has 3 nitrogen and oxygen atoms in total. The molecule has 0 radical (unpaired) electrons. The summed E-state index contributed by atoms with van der Waals surface area (Å²) in [5, 5.41) is 2.41. The summed E-state index contributed by atoms with van der Waals surface area (Å²) in [6, 6.07) is 2.97. The molecule has 0 saturated carbocycles. The highest BCUT2D eigenvalue weighted by atomic mass is 32.3. The molecule has 2 aromatic rings. The summed E-state index contributed by atoms with van der Waals surface area (Å²) in [5.41, 5.74) is 0. The third kappa shape index (κ3) is 1.54. The Bertz CT molecular complexity index is 546. The second-order valence-electron chi connectivity index (χ2n) is 2.42. The van der Waals surface area contributed by atoms with Crippen molar-refractivity contribution in [1.82, 2.24) is 4.98 Å². The number of pyridine rings is 1. The zero-order valence-electron chi connectivity index (χ0n) is 6.27. The van der Waals surface area contributed by atoms with E-state index in [1.807, 2.05) is 0 Å². The molecule has 0 fully saturated rings. The Morgan fingerprint density at radius 2 is 2.23 bits per heavy atom. The maximum atomic E-state index is 12.5. The van der Waals surface area contributed by atoms with E-state index >= 15 is 0 Å². The van der Waals surface area contributed by atoms with E-state index in [0.717, 1.165) is 6.20 Å². The average molecular weight is 217 g/mol. The van der Waals surface area contributed by atoms with Gasteiger partial charge in [-0.15, -0.1) is 15.2 Å². The van der Waals surface area contributed by atoms with E-state index in [4.69, 9.17) is 0 Å². The minimum absolute atomic E-state index is 0.390. The van der Waals surface area contributed by atoms with Crippen molar-refractivity contribution in [2.24, 2.45) is 0 Å². The molecule has 68 valence electrons. The van der Waals surface area contributed by atoms with E-state index in [2.05, 4.69) is 4.98 Å². The van der Waals surface area contributed by atoms with Crippen LogP contribution in [0.25, 0.3) is 10.2 Å². The fourth-order valence-corrected chi connectivity index (χ4v) is 2.14. The van der Waals surface area contributed by atoms with Gasteiger partial charge in [0.25, 0.3) is 0 Å². The van der Waals surface area contributed by atoms with Crippen molar-refractivity contribution in [2.75, 3.05) is 0 Å². The van der Waals surface area contributed by atoms with Crippen LogP contribution >= 0.6 is 11.3 Å². The lowest BCUT2D eigenvalue weighted by molar-refractivity contribution is 0.552. The van der Waals surface area contributed by atoms with Crippen LogP contribution in [0.4, 0.5) is 3.89 Å². The second-order valence-corrected chi connectivity index (χ2v) is 4.67. The van der Waals surface area contributed by atoms with Crippen molar-refractivity contribution in [3.05, 3.63) is 23.7 Å². The maximum Gasteiger partial charge on any atom is 0.333 e. The van der Waals surface area contributed by atoms with Crippen molar-refractivity contribution < 1.29 is 12.3 Å². The van der Waals surface area contributed by atoms with Gasteiger partial charge >= 0.3 is 10.2 Å². The largest absolute Gasteiger partial charge is 0.333 e. The third-order valence-corrected chi connectivity index (χ3v) is 3.19. The van der Waals surface area contributed by atoms with Crippen LogP contribution < -0.4 is 0 Å². The first kappa shape index (κ1) is 8.58. The van der Waals surface area contributed by atoms with Crippen LogP contribution in [0.3, 0.4) is 0 Å². The molecule has 0 atom stereocenters. The van der Waals surface area contributed by atoms with Gasteiger partial charge in [0.15, 0.2) is 0 Å². The molecule has 13 heavy (non-hydrogen) atoms. The highest BCUT2D eigenvalue weighted by Gasteiger charge is 2.12. The smallest absolute Gasteiger partial charge is 0.244 e. The Balaban J connectivity index is 2.75. The minimum atomic E-state index is -4.63. The monoisotopic (exact) mass is 217 g/mol. The van der Waals surface area contributed by atoms with Gasteiger partial charge in [-0.05, 0) is 17.5 Å². The number of hydrogen-bond acceptors (Lipinski definition) is 4. The number of nitrogens with zero attached hydrogens (tertiary/aromatic N) is 1. The zero-order chi connectivity index (χ0) is 9.47. The number of rotatable bonds is 1. The average Bonchev–Trinajstić information content (AvgIpc) is 2.47. The summed E-state index contributed by atoms with van der Waals surface area (Å²) >= 11 is 1.38. The molecule has 0 unspecified atom stereocenters. The summed E-state index contributed by atoms with van der Waals surface area (Å²) < 4.78 is 33.5. The summed E-state index contributed by atoms with van der Waals surface area (Å²) in [5.74, 6) is 0. The van der Waals surface area contributed by atoms with Crippen LogP contribution in [0.1, 0.15) is 0 Å². The van der Waals surface area contributed by atoms with Crippen molar-refractivity contribution in [1.29, 1.82) is 0 Å². The fraction of sp³-hybridized carbons (Fsp3) is 0. The highest BCUT2D eigenvalue weighted by molar-refractivity contribution is 7.86. The van der Waals surface area contributed by atoms with Crippen LogP contribution in [0.5, 0.6) is 0 Å². The summed E-state index contributed by atoms with van der Waals surface area (Å²) in [6.07, 6.45) is 1.02. The number of halogens is 1. The third-order valence-electron chi connectivity index (χ3n) is 1.56. The Morgan fingerprint density at radius 1 is 1.46 bits per heavy atom. The summed E-state index contributed by atoms with van der Waals surface area (Å²) in [6.45, 7) is 0. The van der Waals surface area contributed by atoms with Crippen molar-refractivity contribution >= 4 is 31.8 Å². The SMILES string of the molecule is O=S(=O)(F)c1cnc2sccc2c1. The van der Waals surface area contributed by atoms with Gasteiger partial charge < -0.3 is 0 Å². The fourth-order valence-electron chi connectivity index (χ4n) is 0.972. The van der Waals surface area contributed by atoms with Gasteiger partial charge in [0.2, 0.25) is 0 Å². The maximum absolute atomic E-state index is 12.5. The van der Waals surface area contributed by atoms with Gasteiger partial charge in [-0.1, -0.05) is 0 Å². The molecule has 0 aliphatic carbocycles. The predicted molar refractivity (Wildman–Crippen MR) is 47.9 cm³/mol. The molecule has 0 amide bonds. The molecule has 2 aromatic heterocycles. The van der Waals surface area contributed by atoms with Crippen LogP contribution in [-0.2, 0) is 10.2 Å². The Morgan fingerprint density at radius 3 is 2.92 bits per heavy atom. The molecular weight excluding hydrogens is 213 g/mol.